The Morgan fingerprint density at radius 2 is 1.70 bits per heavy atom. The predicted molar refractivity (Wildman–Crippen MR) is 107 cm³/mol. The SMILES string of the molecule is O=c1c2cc(Br)ccc2n2c(-n3cccc3)nnc2n1Cc1ccccc1. The molecule has 0 atom stereocenters. The van der Waals surface area contributed by atoms with Crippen molar-refractivity contribution in [2.24, 2.45) is 0 Å². The van der Waals surface area contributed by atoms with Crippen LogP contribution in [-0.4, -0.2) is 23.7 Å². The van der Waals surface area contributed by atoms with Gasteiger partial charge in [-0.1, -0.05) is 46.3 Å². The van der Waals surface area contributed by atoms with E-state index in [-0.39, 0.29) is 5.56 Å². The second kappa shape index (κ2) is 6.21. The Hall–Kier alpha value is -3.19. The third-order valence-corrected chi connectivity index (χ3v) is 5.06. The zero-order valence-electron chi connectivity index (χ0n) is 14.2. The monoisotopic (exact) mass is 419 g/mol. The molecule has 2 aromatic carbocycles. The van der Waals surface area contributed by atoms with E-state index in [9.17, 15) is 4.79 Å². The lowest BCUT2D eigenvalue weighted by atomic mass is 10.2. The molecule has 3 aromatic heterocycles. The maximum absolute atomic E-state index is 13.2. The average molecular weight is 420 g/mol. The van der Waals surface area contributed by atoms with E-state index in [1.807, 2.05) is 82.0 Å². The van der Waals surface area contributed by atoms with Crippen molar-refractivity contribution in [2.45, 2.75) is 6.54 Å². The summed E-state index contributed by atoms with van der Waals surface area (Å²) < 4.78 is 6.34. The van der Waals surface area contributed by atoms with Crippen molar-refractivity contribution in [3.8, 4) is 5.95 Å². The van der Waals surface area contributed by atoms with E-state index in [0.29, 0.717) is 23.7 Å². The Bertz CT molecular complexity index is 1320. The van der Waals surface area contributed by atoms with Crippen molar-refractivity contribution >= 4 is 32.6 Å². The van der Waals surface area contributed by atoms with Crippen molar-refractivity contribution in [1.29, 1.82) is 0 Å². The Balaban J connectivity index is 1.88. The first kappa shape index (κ1) is 16.0. The molecule has 0 spiro atoms. The van der Waals surface area contributed by atoms with E-state index in [0.717, 1.165) is 15.6 Å². The first-order valence-electron chi connectivity index (χ1n) is 8.47. The number of benzene rings is 2. The smallest absolute Gasteiger partial charge is 0.263 e. The predicted octanol–water partition coefficient (Wildman–Crippen LogP) is 3.65. The molecule has 0 saturated heterocycles. The van der Waals surface area contributed by atoms with Crippen LogP contribution < -0.4 is 5.56 Å². The number of halogens is 1. The summed E-state index contributed by atoms with van der Waals surface area (Å²) in [6.45, 7) is 0.426. The highest BCUT2D eigenvalue weighted by atomic mass is 79.9. The first-order chi connectivity index (χ1) is 13.2. The summed E-state index contributed by atoms with van der Waals surface area (Å²) >= 11 is 3.48. The molecule has 0 fully saturated rings. The van der Waals surface area contributed by atoms with Gasteiger partial charge in [0.15, 0.2) is 0 Å². The fourth-order valence-corrected chi connectivity index (χ4v) is 3.67. The fourth-order valence-electron chi connectivity index (χ4n) is 3.31. The first-order valence-corrected chi connectivity index (χ1v) is 9.26. The minimum absolute atomic E-state index is 0.0888. The Kier molecular flexibility index (Phi) is 3.68. The average Bonchev–Trinajstić information content (AvgIpc) is 3.35. The second-order valence-corrected chi connectivity index (χ2v) is 7.18. The quantitative estimate of drug-likeness (QED) is 0.448. The van der Waals surface area contributed by atoms with Gasteiger partial charge in [0, 0.05) is 16.9 Å². The molecule has 5 aromatic rings. The summed E-state index contributed by atoms with van der Waals surface area (Å²) in [5.74, 6) is 1.16. The molecule has 0 N–H and O–H groups in total. The minimum Gasteiger partial charge on any atom is -0.293 e. The minimum atomic E-state index is -0.0888. The highest BCUT2D eigenvalue weighted by molar-refractivity contribution is 9.10. The molecular formula is C20H14BrN5O. The molecule has 0 radical (unpaired) electrons. The van der Waals surface area contributed by atoms with Crippen LogP contribution in [0, 0.1) is 0 Å². The molecule has 3 heterocycles. The third-order valence-electron chi connectivity index (χ3n) is 4.56. The number of hydrogen-bond donors (Lipinski definition) is 0. The molecule has 6 nitrogen and oxygen atoms in total. The van der Waals surface area contributed by atoms with E-state index in [1.165, 1.54) is 0 Å². The van der Waals surface area contributed by atoms with Crippen LogP contribution in [0.3, 0.4) is 0 Å². The van der Waals surface area contributed by atoms with E-state index in [4.69, 9.17) is 0 Å². The largest absolute Gasteiger partial charge is 0.293 e. The lowest BCUT2D eigenvalue weighted by Gasteiger charge is -2.12. The van der Waals surface area contributed by atoms with Gasteiger partial charge >= 0.3 is 0 Å². The highest BCUT2D eigenvalue weighted by Crippen LogP contribution is 2.21. The van der Waals surface area contributed by atoms with E-state index in [2.05, 4.69) is 26.1 Å². The van der Waals surface area contributed by atoms with Gasteiger partial charge < -0.3 is 0 Å². The maximum atomic E-state index is 13.2. The summed E-state index contributed by atoms with van der Waals surface area (Å²) in [7, 11) is 0. The zero-order valence-corrected chi connectivity index (χ0v) is 15.7. The molecule has 0 bridgehead atoms. The number of rotatable bonds is 3. The molecule has 0 amide bonds. The molecular weight excluding hydrogens is 406 g/mol. The molecule has 0 saturated carbocycles. The van der Waals surface area contributed by atoms with Gasteiger partial charge in [0.05, 0.1) is 17.4 Å². The zero-order chi connectivity index (χ0) is 18.4. The van der Waals surface area contributed by atoms with Crippen LogP contribution in [0.25, 0.3) is 22.6 Å². The van der Waals surface area contributed by atoms with Gasteiger partial charge in [-0.2, -0.15) is 0 Å². The Labute approximate surface area is 162 Å². The Morgan fingerprint density at radius 3 is 2.48 bits per heavy atom. The van der Waals surface area contributed by atoms with Gasteiger partial charge in [0.1, 0.15) is 0 Å². The summed E-state index contributed by atoms with van der Waals surface area (Å²) in [5, 5.41) is 9.32. The van der Waals surface area contributed by atoms with Crippen molar-refractivity contribution in [1.82, 2.24) is 23.7 Å². The second-order valence-electron chi connectivity index (χ2n) is 6.26. The van der Waals surface area contributed by atoms with Gasteiger partial charge in [0.2, 0.25) is 11.7 Å². The lowest BCUT2D eigenvalue weighted by Crippen LogP contribution is -2.24. The van der Waals surface area contributed by atoms with E-state index < -0.39 is 0 Å². The third kappa shape index (κ3) is 2.59. The van der Waals surface area contributed by atoms with Crippen LogP contribution in [0.2, 0.25) is 0 Å². The summed E-state index contributed by atoms with van der Waals surface area (Å²) in [4.78, 5) is 13.2. The van der Waals surface area contributed by atoms with Crippen molar-refractivity contribution < 1.29 is 0 Å². The van der Waals surface area contributed by atoms with Crippen molar-refractivity contribution in [2.75, 3.05) is 0 Å². The number of aromatic nitrogens is 5. The van der Waals surface area contributed by atoms with E-state index in [1.54, 1.807) is 4.57 Å². The van der Waals surface area contributed by atoms with Crippen LogP contribution in [0.5, 0.6) is 0 Å². The van der Waals surface area contributed by atoms with Crippen molar-refractivity contribution in [3.63, 3.8) is 0 Å². The molecule has 27 heavy (non-hydrogen) atoms. The standard InChI is InChI=1S/C20H14BrN5O/c21-15-8-9-17-16(12-15)18(27)25(13-14-6-2-1-3-7-14)20-23-22-19(26(17)20)24-10-4-5-11-24/h1-12H,13H2. The van der Waals surface area contributed by atoms with E-state index >= 15 is 0 Å². The van der Waals surface area contributed by atoms with Gasteiger partial charge in [0.25, 0.3) is 5.56 Å². The molecule has 5 rings (SSSR count). The summed E-state index contributed by atoms with van der Waals surface area (Å²) in [6.07, 6.45) is 3.82. The van der Waals surface area contributed by atoms with Crippen LogP contribution in [0.4, 0.5) is 0 Å². The summed E-state index contributed by atoms with van der Waals surface area (Å²) in [6, 6.07) is 19.4. The molecule has 0 aliphatic carbocycles. The molecule has 0 aliphatic rings. The number of nitrogens with zero attached hydrogens (tertiary/aromatic N) is 5. The van der Waals surface area contributed by atoms with Gasteiger partial charge in [-0.25, -0.2) is 4.40 Å². The molecule has 0 unspecified atom stereocenters. The van der Waals surface area contributed by atoms with Gasteiger partial charge in [-0.3, -0.25) is 13.9 Å². The van der Waals surface area contributed by atoms with Gasteiger partial charge in [-0.15, -0.1) is 10.2 Å². The topological polar surface area (TPSA) is 57.1 Å². The number of fused-ring (bicyclic) bond motifs is 3. The van der Waals surface area contributed by atoms with Crippen LogP contribution in [0.1, 0.15) is 5.56 Å². The Morgan fingerprint density at radius 1 is 0.926 bits per heavy atom. The van der Waals surface area contributed by atoms with Crippen LogP contribution >= 0.6 is 15.9 Å². The van der Waals surface area contributed by atoms with Crippen LogP contribution in [0.15, 0.2) is 82.3 Å². The normalized spacial score (nSPS) is 11.4. The molecule has 0 aliphatic heterocycles. The highest BCUT2D eigenvalue weighted by Gasteiger charge is 2.17. The number of hydrogen-bond acceptors (Lipinski definition) is 3. The lowest BCUT2D eigenvalue weighted by molar-refractivity contribution is 0.765. The summed E-state index contributed by atoms with van der Waals surface area (Å²) in [5.41, 5.74) is 1.71. The molecule has 7 heteroatoms. The fraction of sp³-hybridized carbons (Fsp3) is 0.0500. The molecule has 132 valence electrons. The van der Waals surface area contributed by atoms with Crippen molar-refractivity contribution in [3.05, 3.63) is 93.4 Å². The van der Waals surface area contributed by atoms with Crippen LogP contribution in [-0.2, 0) is 6.54 Å². The maximum Gasteiger partial charge on any atom is 0.263 e. The van der Waals surface area contributed by atoms with Gasteiger partial charge in [-0.05, 0) is 35.9 Å².